The molecule has 28 heavy (non-hydrogen) atoms. The molecule has 0 atom stereocenters. The van der Waals surface area contributed by atoms with E-state index in [1.807, 2.05) is 50.2 Å². The summed E-state index contributed by atoms with van der Waals surface area (Å²) in [5.41, 5.74) is 4.12. The molecule has 0 radical (unpaired) electrons. The predicted molar refractivity (Wildman–Crippen MR) is 102 cm³/mol. The molecule has 0 aliphatic carbocycles. The van der Waals surface area contributed by atoms with Crippen molar-refractivity contribution in [1.82, 2.24) is 34.8 Å². The van der Waals surface area contributed by atoms with Gasteiger partial charge in [-0.1, -0.05) is 17.3 Å². The van der Waals surface area contributed by atoms with Crippen molar-refractivity contribution in [3.63, 3.8) is 0 Å². The second-order valence-electron chi connectivity index (χ2n) is 6.46. The van der Waals surface area contributed by atoms with Crippen LogP contribution >= 0.6 is 0 Å². The van der Waals surface area contributed by atoms with E-state index in [2.05, 4.69) is 20.7 Å². The Morgan fingerprint density at radius 1 is 1.04 bits per heavy atom. The minimum absolute atomic E-state index is 0.300. The van der Waals surface area contributed by atoms with Crippen LogP contribution in [0.1, 0.15) is 16.7 Å². The molecule has 0 bridgehead atoms. The van der Waals surface area contributed by atoms with Crippen LogP contribution in [0.15, 0.2) is 53.6 Å². The standard InChI is InChI=1S/C19H19N7O2/c1-13-5-4-6-17(26-19(27)24(3)22-23-26)16(13)12-28-18-8-7-15(11-14(18)2)25-10-9-20-21-25/h4-11H,12H2,1-3H3. The molecule has 0 saturated heterocycles. The van der Waals surface area contributed by atoms with E-state index in [9.17, 15) is 4.79 Å². The van der Waals surface area contributed by atoms with Crippen molar-refractivity contribution in [1.29, 1.82) is 0 Å². The van der Waals surface area contributed by atoms with Crippen molar-refractivity contribution in [3.8, 4) is 17.1 Å². The van der Waals surface area contributed by atoms with E-state index in [0.717, 1.165) is 28.1 Å². The molecule has 142 valence electrons. The third kappa shape index (κ3) is 3.18. The van der Waals surface area contributed by atoms with Crippen molar-refractivity contribution in [2.75, 3.05) is 0 Å². The SMILES string of the molecule is Cc1cc(-n2ccnn2)ccc1OCc1c(C)cccc1-n1nnn(C)c1=O. The van der Waals surface area contributed by atoms with E-state index in [0.29, 0.717) is 12.3 Å². The smallest absolute Gasteiger partial charge is 0.368 e. The molecule has 4 aromatic rings. The van der Waals surface area contributed by atoms with Crippen molar-refractivity contribution in [3.05, 3.63) is 76.0 Å². The topological polar surface area (TPSA) is 92.7 Å². The van der Waals surface area contributed by atoms with Crippen molar-refractivity contribution in [2.45, 2.75) is 20.5 Å². The third-order valence-electron chi connectivity index (χ3n) is 4.55. The molecule has 2 aromatic heterocycles. The number of hydrogen-bond donors (Lipinski definition) is 0. The number of hydrogen-bond acceptors (Lipinski definition) is 6. The third-order valence-corrected chi connectivity index (χ3v) is 4.55. The van der Waals surface area contributed by atoms with Crippen LogP contribution in [-0.4, -0.2) is 34.8 Å². The van der Waals surface area contributed by atoms with Crippen LogP contribution in [0, 0.1) is 13.8 Å². The number of nitrogens with zero attached hydrogens (tertiary/aromatic N) is 7. The van der Waals surface area contributed by atoms with Gasteiger partial charge in [-0.25, -0.2) is 9.48 Å². The molecule has 2 heterocycles. The van der Waals surface area contributed by atoms with Gasteiger partial charge in [0.1, 0.15) is 12.4 Å². The highest BCUT2D eigenvalue weighted by Gasteiger charge is 2.14. The zero-order chi connectivity index (χ0) is 19.7. The summed E-state index contributed by atoms with van der Waals surface area (Å²) in [6.07, 6.45) is 3.42. The second kappa shape index (κ2) is 7.10. The monoisotopic (exact) mass is 377 g/mol. The van der Waals surface area contributed by atoms with Crippen LogP contribution in [-0.2, 0) is 13.7 Å². The summed E-state index contributed by atoms with van der Waals surface area (Å²) in [5, 5.41) is 15.6. The van der Waals surface area contributed by atoms with Crippen molar-refractivity contribution >= 4 is 0 Å². The summed E-state index contributed by atoms with van der Waals surface area (Å²) in [7, 11) is 1.57. The van der Waals surface area contributed by atoms with Gasteiger partial charge in [-0.2, -0.15) is 9.36 Å². The first kappa shape index (κ1) is 17.7. The van der Waals surface area contributed by atoms with E-state index < -0.39 is 0 Å². The lowest BCUT2D eigenvalue weighted by molar-refractivity contribution is 0.302. The molecular weight excluding hydrogens is 358 g/mol. The molecule has 9 heteroatoms. The zero-order valence-electron chi connectivity index (χ0n) is 15.8. The maximum absolute atomic E-state index is 12.3. The number of aromatic nitrogens is 7. The maximum atomic E-state index is 12.3. The van der Waals surface area contributed by atoms with E-state index >= 15 is 0 Å². The van der Waals surface area contributed by atoms with Gasteiger partial charge in [0, 0.05) is 12.6 Å². The van der Waals surface area contributed by atoms with Crippen molar-refractivity contribution < 1.29 is 4.74 Å². The molecule has 0 aliphatic rings. The average molecular weight is 377 g/mol. The zero-order valence-corrected chi connectivity index (χ0v) is 15.8. The molecule has 9 nitrogen and oxygen atoms in total. The molecule has 0 spiro atoms. The van der Waals surface area contributed by atoms with Gasteiger partial charge in [0.05, 0.1) is 23.8 Å². The summed E-state index contributed by atoms with van der Waals surface area (Å²) >= 11 is 0. The predicted octanol–water partition coefficient (Wildman–Crippen LogP) is 1.74. The largest absolute Gasteiger partial charge is 0.489 e. The van der Waals surface area contributed by atoms with Gasteiger partial charge in [0.25, 0.3) is 0 Å². The van der Waals surface area contributed by atoms with Gasteiger partial charge in [-0.15, -0.1) is 5.10 Å². The highest BCUT2D eigenvalue weighted by Crippen LogP contribution is 2.24. The fourth-order valence-corrected chi connectivity index (χ4v) is 2.97. The van der Waals surface area contributed by atoms with Gasteiger partial charge in [0.15, 0.2) is 0 Å². The molecule has 0 saturated carbocycles. The molecule has 0 amide bonds. The fourth-order valence-electron chi connectivity index (χ4n) is 2.97. The normalized spacial score (nSPS) is 11.0. The minimum Gasteiger partial charge on any atom is -0.489 e. The number of aryl methyl sites for hydroxylation is 3. The molecule has 0 unspecified atom stereocenters. The summed E-state index contributed by atoms with van der Waals surface area (Å²) in [4.78, 5) is 12.3. The summed E-state index contributed by atoms with van der Waals surface area (Å²) in [6, 6.07) is 11.5. The van der Waals surface area contributed by atoms with Crippen molar-refractivity contribution in [2.24, 2.45) is 7.05 Å². The van der Waals surface area contributed by atoms with Crippen LogP contribution in [0.3, 0.4) is 0 Å². The first-order chi connectivity index (χ1) is 13.5. The van der Waals surface area contributed by atoms with E-state index in [1.54, 1.807) is 24.1 Å². The Labute approximate surface area is 160 Å². The van der Waals surface area contributed by atoms with Crippen LogP contribution in [0.5, 0.6) is 5.75 Å². The maximum Gasteiger partial charge on any atom is 0.368 e. The Morgan fingerprint density at radius 3 is 2.57 bits per heavy atom. The summed E-state index contributed by atoms with van der Waals surface area (Å²) in [5.74, 6) is 0.754. The Hall–Kier alpha value is -3.75. The van der Waals surface area contributed by atoms with E-state index in [4.69, 9.17) is 4.74 Å². The van der Waals surface area contributed by atoms with Gasteiger partial charge in [-0.3, -0.25) is 0 Å². The van der Waals surface area contributed by atoms with Gasteiger partial charge in [0.2, 0.25) is 0 Å². The number of benzene rings is 2. The first-order valence-electron chi connectivity index (χ1n) is 8.72. The van der Waals surface area contributed by atoms with Gasteiger partial charge < -0.3 is 4.74 Å². The summed E-state index contributed by atoms with van der Waals surface area (Å²) in [6.45, 7) is 4.25. The van der Waals surface area contributed by atoms with Gasteiger partial charge in [-0.05, 0) is 59.7 Å². The van der Waals surface area contributed by atoms with Crippen LogP contribution in [0.25, 0.3) is 11.4 Å². The van der Waals surface area contributed by atoms with Gasteiger partial charge >= 0.3 is 5.69 Å². The number of tetrazole rings is 1. The first-order valence-corrected chi connectivity index (χ1v) is 8.72. The van der Waals surface area contributed by atoms with Crippen LogP contribution in [0.4, 0.5) is 0 Å². The Morgan fingerprint density at radius 2 is 1.89 bits per heavy atom. The molecule has 0 N–H and O–H groups in total. The summed E-state index contributed by atoms with van der Waals surface area (Å²) < 4.78 is 10.2. The minimum atomic E-state index is -0.305. The fraction of sp³-hybridized carbons (Fsp3) is 0.211. The molecular formula is C19H19N7O2. The second-order valence-corrected chi connectivity index (χ2v) is 6.46. The molecule has 0 fully saturated rings. The number of ether oxygens (including phenoxy) is 1. The number of rotatable bonds is 5. The van der Waals surface area contributed by atoms with E-state index in [1.165, 1.54) is 9.36 Å². The quantitative estimate of drug-likeness (QED) is 0.526. The lowest BCUT2D eigenvalue weighted by Crippen LogP contribution is -2.23. The van der Waals surface area contributed by atoms with Crippen LogP contribution < -0.4 is 10.4 Å². The van der Waals surface area contributed by atoms with E-state index in [-0.39, 0.29) is 5.69 Å². The highest BCUT2D eigenvalue weighted by atomic mass is 16.5. The van der Waals surface area contributed by atoms with Crippen LogP contribution in [0.2, 0.25) is 0 Å². The lowest BCUT2D eigenvalue weighted by Gasteiger charge is -2.14. The molecule has 2 aromatic carbocycles. The average Bonchev–Trinajstić information content (AvgIpc) is 3.33. The highest BCUT2D eigenvalue weighted by molar-refractivity contribution is 5.46. The molecule has 0 aliphatic heterocycles. The molecule has 4 rings (SSSR count). The Kier molecular flexibility index (Phi) is 4.48. The Bertz CT molecular complexity index is 1180. The Balaban J connectivity index is 1.62. The lowest BCUT2D eigenvalue weighted by atomic mass is 10.1.